The summed E-state index contributed by atoms with van der Waals surface area (Å²) in [7, 11) is 2.65. The van der Waals surface area contributed by atoms with Crippen LogP contribution in [0.25, 0.3) is 10.2 Å². The summed E-state index contributed by atoms with van der Waals surface area (Å²) < 4.78 is 11.8. The number of thiazole rings is 1. The van der Waals surface area contributed by atoms with Crippen molar-refractivity contribution in [2.45, 2.75) is 6.54 Å². The minimum atomic E-state index is -0.635. The maximum Gasteiger partial charge on any atom is 0.325 e. The first-order valence-corrected chi connectivity index (χ1v) is 9.30. The van der Waals surface area contributed by atoms with Gasteiger partial charge < -0.3 is 14.0 Å². The van der Waals surface area contributed by atoms with Gasteiger partial charge in [-0.15, -0.1) is 0 Å². The number of non-ortho nitro benzene ring substituents is 1. The number of fused-ring (bicyclic) bond motifs is 1. The van der Waals surface area contributed by atoms with E-state index in [0.717, 1.165) is 11.3 Å². The Labute approximate surface area is 172 Å². The van der Waals surface area contributed by atoms with Gasteiger partial charge in [-0.1, -0.05) is 22.9 Å². The van der Waals surface area contributed by atoms with Crippen molar-refractivity contribution in [2.24, 2.45) is 4.99 Å². The molecule has 150 valence electrons. The molecule has 0 unspecified atom stereocenters. The SMILES string of the molecule is COC(=O)Cn1c(=NC(=O)c2cc(Cl)ccc2OC)sc2cc([N+](=O)[O-])ccc21. The van der Waals surface area contributed by atoms with E-state index in [1.807, 2.05) is 0 Å². The molecule has 11 heteroatoms. The molecule has 0 aliphatic carbocycles. The average Bonchev–Trinajstić information content (AvgIpc) is 3.03. The molecule has 0 atom stereocenters. The Bertz CT molecular complexity index is 1200. The third kappa shape index (κ3) is 4.28. The number of hydrogen-bond acceptors (Lipinski definition) is 7. The number of ether oxygens (including phenoxy) is 2. The summed E-state index contributed by atoms with van der Waals surface area (Å²) in [5, 5.41) is 11.4. The van der Waals surface area contributed by atoms with Crippen molar-refractivity contribution in [3.05, 3.63) is 61.9 Å². The molecule has 0 radical (unpaired) electrons. The summed E-state index contributed by atoms with van der Waals surface area (Å²) in [6.45, 7) is -0.215. The normalized spacial score (nSPS) is 11.5. The number of nitro groups is 1. The summed E-state index contributed by atoms with van der Waals surface area (Å²) in [6.07, 6.45) is 0. The van der Waals surface area contributed by atoms with Crippen molar-refractivity contribution in [1.82, 2.24) is 4.57 Å². The highest BCUT2D eigenvalue weighted by Crippen LogP contribution is 2.25. The van der Waals surface area contributed by atoms with Crippen LogP contribution in [0.1, 0.15) is 10.4 Å². The molecule has 0 N–H and O–H groups in total. The Kier molecular flexibility index (Phi) is 5.95. The largest absolute Gasteiger partial charge is 0.496 e. The molecule has 0 aliphatic heterocycles. The number of methoxy groups -OCH3 is 2. The molecule has 9 nitrogen and oxygen atoms in total. The molecule has 0 bridgehead atoms. The van der Waals surface area contributed by atoms with Crippen LogP contribution in [0.15, 0.2) is 41.4 Å². The number of amides is 1. The molecule has 1 amide bonds. The molecule has 29 heavy (non-hydrogen) atoms. The number of esters is 1. The van der Waals surface area contributed by atoms with Gasteiger partial charge in [0.05, 0.1) is 34.9 Å². The standard InChI is InChI=1S/C18H14ClN3O6S/c1-27-14-6-3-10(19)7-12(14)17(24)20-18-21(9-16(23)28-2)13-5-4-11(22(25)26)8-15(13)29-18/h3-8H,9H2,1-2H3. The molecule has 0 fully saturated rings. The van der Waals surface area contributed by atoms with E-state index >= 15 is 0 Å². The fourth-order valence-corrected chi connectivity index (χ4v) is 3.83. The number of hydrogen-bond donors (Lipinski definition) is 0. The van der Waals surface area contributed by atoms with E-state index in [4.69, 9.17) is 21.1 Å². The number of carbonyl (C=O) groups is 2. The van der Waals surface area contributed by atoms with Crippen molar-refractivity contribution in [3.8, 4) is 5.75 Å². The second-order valence-electron chi connectivity index (χ2n) is 5.72. The molecule has 3 rings (SSSR count). The van der Waals surface area contributed by atoms with Crippen LogP contribution in [-0.2, 0) is 16.1 Å². The maximum atomic E-state index is 12.8. The molecule has 1 aromatic heterocycles. The Hall–Kier alpha value is -3.24. The number of nitrogens with zero attached hydrogens (tertiary/aromatic N) is 3. The van der Waals surface area contributed by atoms with Crippen LogP contribution in [-0.4, -0.2) is 35.6 Å². The van der Waals surface area contributed by atoms with Gasteiger partial charge in [-0.3, -0.25) is 19.7 Å². The van der Waals surface area contributed by atoms with Gasteiger partial charge >= 0.3 is 5.97 Å². The van der Waals surface area contributed by atoms with Crippen LogP contribution < -0.4 is 9.54 Å². The number of nitro benzene ring substituents is 1. The van der Waals surface area contributed by atoms with Crippen molar-refractivity contribution >= 4 is 50.7 Å². The lowest BCUT2D eigenvalue weighted by Crippen LogP contribution is -2.22. The zero-order valence-electron chi connectivity index (χ0n) is 15.2. The summed E-state index contributed by atoms with van der Waals surface area (Å²) >= 11 is 7.01. The fraction of sp³-hybridized carbons (Fsp3) is 0.167. The summed E-state index contributed by atoms with van der Waals surface area (Å²) in [5.74, 6) is -0.902. The average molecular weight is 436 g/mol. The van der Waals surface area contributed by atoms with E-state index in [9.17, 15) is 19.7 Å². The van der Waals surface area contributed by atoms with Gasteiger partial charge in [0.2, 0.25) is 0 Å². The van der Waals surface area contributed by atoms with E-state index in [1.165, 1.54) is 43.1 Å². The van der Waals surface area contributed by atoms with Crippen LogP contribution >= 0.6 is 22.9 Å². The molecule has 0 aliphatic rings. The first-order valence-electron chi connectivity index (χ1n) is 8.11. The molecule has 2 aromatic carbocycles. The summed E-state index contributed by atoms with van der Waals surface area (Å²) in [6, 6.07) is 8.71. The van der Waals surface area contributed by atoms with Crippen molar-refractivity contribution in [3.63, 3.8) is 0 Å². The summed E-state index contributed by atoms with van der Waals surface area (Å²) in [5.41, 5.74) is 0.544. The lowest BCUT2D eigenvalue weighted by Gasteiger charge is -2.06. The quantitative estimate of drug-likeness (QED) is 0.345. The minimum Gasteiger partial charge on any atom is -0.496 e. The van der Waals surface area contributed by atoms with Gasteiger partial charge in [-0.05, 0) is 24.3 Å². The maximum absolute atomic E-state index is 12.8. The van der Waals surface area contributed by atoms with Crippen LogP contribution in [0, 0.1) is 10.1 Å². The van der Waals surface area contributed by atoms with E-state index in [-0.39, 0.29) is 22.6 Å². The highest BCUT2D eigenvalue weighted by Gasteiger charge is 2.17. The Morgan fingerprint density at radius 3 is 2.66 bits per heavy atom. The van der Waals surface area contributed by atoms with Gasteiger partial charge in [0, 0.05) is 17.2 Å². The smallest absolute Gasteiger partial charge is 0.325 e. The predicted molar refractivity (Wildman–Crippen MR) is 106 cm³/mol. The van der Waals surface area contributed by atoms with Crippen molar-refractivity contribution in [2.75, 3.05) is 14.2 Å². The fourth-order valence-electron chi connectivity index (χ4n) is 2.60. The Morgan fingerprint density at radius 2 is 2.00 bits per heavy atom. The number of carbonyl (C=O) groups excluding carboxylic acids is 2. The monoisotopic (exact) mass is 435 g/mol. The lowest BCUT2D eigenvalue weighted by atomic mass is 10.2. The molecule has 0 saturated heterocycles. The minimum absolute atomic E-state index is 0.113. The first kappa shape index (κ1) is 20.5. The molecule has 1 heterocycles. The highest BCUT2D eigenvalue weighted by molar-refractivity contribution is 7.16. The number of rotatable bonds is 5. The number of halogens is 1. The third-order valence-electron chi connectivity index (χ3n) is 3.98. The number of benzene rings is 2. The van der Waals surface area contributed by atoms with Gasteiger partial charge in [-0.2, -0.15) is 4.99 Å². The van der Waals surface area contributed by atoms with Crippen LogP contribution in [0.2, 0.25) is 5.02 Å². The van der Waals surface area contributed by atoms with Crippen molar-refractivity contribution < 1.29 is 24.0 Å². The van der Waals surface area contributed by atoms with E-state index in [2.05, 4.69) is 4.99 Å². The molecular weight excluding hydrogens is 422 g/mol. The van der Waals surface area contributed by atoms with Crippen LogP contribution in [0.4, 0.5) is 5.69 Å². The van der Waals surface area contributed by atoms with Crippen LogP contribution in [0.5, 0.6) is 5.75 Å². The Balaban J connectivity index is 2.20. The van der Waals surface area contributed by atoms with Gasteiger partial charge in [0.25, 0.3) is 11.6 Å². The predicted octanol–water partition coefficient (Wildman–Crippen LogP) is 3.19. The topological polar surface area (TPSA) is 113 Å². The van der Waals surface area contributed by atoms with Gasteiger partial charge in [-0.25, -0.2) is 0 Å². The lowest BCUT2D eigenvalue weighted by molar-refractivity contribution is -0.384. The first-order chi connectivity index (χ1) is 13.8. The summed E-state index contributed by atoms with van der Waals surface area (Å²) in [4.78, 5) is 39.4. The van der Waals surface area contributed by atoms with E-state index < -0.39 is 16.8 Å². The van der Waals surface area contributed by atoms with E-state index in [0.29, 0.717) is 21.0 Å². The Morgan fingerprint density at radius 1 is 1.24 bits per heavy atom. The second-order valence-corrected chi connectivity index (χ2v) is 7.16. The highest BCUT2D eigenvalue weighted by atomic mass is 35.5. The zero-order valence-corrected chi connectivity index (χ0v) is 16.8. The molecule has 0 spiro atoms. The molecular formula is C18H14ClN3O6S. The van der Waals surface area contributed by atoms with E-state index in [1.54, 1.807) is 12.1 Å². The second kappa shape index (κ2) is 8.41. The van der Waals surface area contributed by atoms with Gasteiger partial charge in [0.1, 0.15) is 12.3 Å². The molecule has 3 aromatic rings. The number of aromatic nitrogens is 1. The zero-order chi connectivity index (χ0) is 21.1. The van der Waals surface area contributed by atoms with Gasteiger partial charge in [0.15, 0.2) is 4.80 Å². The van der Waals surface area contributed by atoms with Crippen molar-refractivity contribution in [1.29, 1.82) is 0 Å². The third-order valence-corrected chi connectivity index (χ3v) is 5.26. The molecule has 0 saturated carbocycles. The van der Waals surface area contributed by atoms with Crippen LogP contribution in [0.3, 0.4) is 0 Å².